The maximum atomic E-state index is 12.8. The second-order valence-electron chi connectivity index (χ2n) is 8.77. The van der Waals surface area contributed by atoms with Gasteiger partial charge >= 0.3 is 0 Å². The fourth-order valence-corrected chi connectivity index (χ4v) is 4.04. The van der Waals surface area contributed by atoms with Crippen LogP contribution in [-0.4, -0.2) is 22.4 Å². The van der Waals surface area contributed by atoms with E-state index in [1.807, 2.05) is 19.1 Å². The van der Waals surface area contributed by atoms with E-state index in [-0.39, 0.29) is 36.0 Å². The van der Waals surface area contributed by atoms with Crippen molar-refractivity contribution in [2.24, 2.45) is 0 Å². The summed E-state index contributed by atoms with van der Waals surface area (Å²) in [5, 5.41) is 5.91. The quantitative estimate of drug-likeness (QED) is 0.709. The molecule has 31 heavy (non-hydrogen) atoms. The van der Waals surface area contributed by atoms with Gasteiger partial charge in [-0.15, -0.1) is 0 Å². The fourth-order valence-electron chi connectivity index (χ4n) is 4.04. The lowest BCUT2D eigenvalue weighted by Gasteiger charge is -2.22. The summed E-state index contributed by atoms with van der Waals surface area (Å²) in [5.74, 6) is -0.175. The molecule has 6 nitrogen and oxygen atoms in total. The molecule has 1 heterocycles. The maximum absolute atomic E-state index is 12.8. The Labute approximate surface area is 184 Å². The highest BCUT2D eigenvalue weighted by molar-refractivity contribution is 5.94. The van der Waals surface area contributed by atoms with E-state index in [4.69, 9.17) is 0 Å². The number of nitrogens with one attached hydrogen (secondary N) is 2. The summed E-state index contributed by atoms with van der Waals surface area (Å²) in [6.45, 7) is 6.07. The smallest absolute Gasteiger partial charge is 0.263 e. The second kappa shape index (κ2) is 10.4. The first-order chi connectivity index (χ1) is 14.8. The van der Waals surface area contributed by atoms with Crippen molar-refractivity contribution in [1.29, 1.82) is 0 Å². The van der Waals surface area contributed by atoms with Crippen LogP contribution in [0.15, 0.2) is 47.4 Å². The molecule has 0 bridgehead atoms. The number of hydrogen-bond donors (Lipinski definition) is 2. The van der Waals surface area contributed by atoms with Gasteiger partial charge in [0.15, 0.2) is 0 Å². The first-order valence-corrected chi connectivity index (χ1v) is 11.2. The predicted molar refractivity (Wildman–Crippen MR) is 122 cm³/mol. The number of carbonyl (C=O) groups excluding carboxylic acids is 2. The van der Waals surface area contributed by atoms with Crippen molar-refractivity contribution in [3.8, 4) is 0 Å². The van der Waals surface area contributed by atoms with E-state index >= 15 is 0 Å². The zero-order valence-electron chi connectivity index (χ0n) is 18.7. The van der Waals surface area contributed by atoms with E-state index in [9.17, 15) is 14.4 Å². The Hall–Kier alpha value is -2.89. The molecule has 0 saturated heterocycles. The minimum Gasteiger partial charge on any atom is -0.349 e. The molecule has 2 amide bonds. The Morgan fingerprint density at radius 3 is 2.29 bits per heavy atom. The largest absolute Gasteiger partial charge is 0.349 e. The van der Waals surface area contributed by atoms with Gasteiger partial charge in [-0.05, 0) is 48.9 Å². The lowest BCUT2D eigenvalue weighted by atomic mass is 9.95. The van der Waals surface area contributed by atoms with Crippen LogP contribution >= 0.6 is 0 Å². The van der Waals surface area contributed by atoms with Crippen molar-refractivity contribution in [2.45, 2.75) is 77.4 Å². The molecular formula is C25H33N3O3. The molecule has 0 aliphatic heterocycles. The van der Waals surface area contributed by atoms with Crippen molar-refractivity contribution in [3.63, 3.8) is 0 Å². The molecule has 1 saturated carbocycles. The number of carbonyl (C=O) groups is 2. The van der Waals surface area contributed by atoms with Crippen LogP contribution in [0.4, 0.5) is 0 Å². The Balaban J connectivity index is 1.62. The Morgan fingerprint density at radius 2 is 1.65 bits per heavy atom. The number of hydrogen-bond acceptors (Lipinski definition) is 3. The van der Waals surface area contributed by atoms with Gasteiger partial charge in [-0.2, -0.15) is 0 Å². The van der Waals surface area contributed by atoms with Crippen molar-refractivity contribution in [1.82, 2.24) is 15.2 Å². The van der Waals surface area contributed by atoms with Crippen molar-refractivity contribution >= 4 is 11.8 Å². The van der Waals surface area contributed by atoms with E-state index in [0.29, 0.717) is 5.92 Å². The van der Waals surface area contributed by atoms with Crippen LogP contribution in [0.2, 0.25) is 0 Å². The topological polar surface area (TPSA) is 80.2 Å². The lowest BCUT2D eigenvalue weighted by Crippen LogP contribution is -2.41. The molecule has 0 radical (unpaired) electrons. The number of aromatic nitrogens is 1. The van der Waals surface area contributed by atoms with Crippen LogP contribution in [0, 0.1) is 0 Å². The molecule has 3 rings (SSSR count). The summed E-state index contributed by atoms with van der Waals surface area (Å²) in [4.78, 5) is 37.9. The zero-order valence-corrected chi connectivity index (χ0v) is 18.7. The van der Waals surface area contributed by atoms with Gasteiger partial charge in [0.25, 0.3) is 11.5 Å². The van der Waals surface area contributed by atoms with Crippen molar-refractivity contribution in [2.75, 3.05) is 0 Å². The van der Waals surface area contributed by atoms with E-state index in [2.05, 4.69) is 36.6 Å². The third-order valence-corrected chi connectivity index (χ3v) is 6.00. The van der Waals surface area contributed by atoms with Gasteiger partial charge in [-0.3, -0.25) is 14.4 Å². The molecule has 6 heteroatoms. The van der Waals surface area contributed by atoms with Gasteiger partial charge in [0.2, 0.25) is 5.91 Å². The number of benzene rings is 1. The standard InChI is InChI=1S/C25H33N3O3/c1-17(2)19-11-13-20(14-12-19)18(3)26-23(29)16-28-15-7-10-22(25(28)31)24(30)27-21-8-5-4-6-9-21/h7,10-15,17-18,21H,4-6,8-9,16H2,1-3H3,(H,26,29)(H,27,30). The zero-order chi connectivity index (χ0) is 22.4. The van der Waals surface area contributed by atoms with Gasteiger partial charge in [-0.25, -0.2) is 0 Å². The molecule has 0 spiro atoms. The summed E-state index contributed by atoms with van der Waals surface area (Å²) in [5.41, 5.74) is 1.89. The molecule has 1 aromatic carbocycles. The van der Waals surface area contributed by atoms with E-state index in [1.165, 1.54) is 22.6 Å². The molecule has 2 aromatic rings. The van der Waals surface area contributed by atoms with Crippen molar-refractivity contribution < 1.29 is 9.59 Å². The van der Waals surface area contributed by atoms with Gasteiger partial charge in [-0.1, -0.05) is 57.4 Å². The third kappa shape index (κ3) is 6.06. The molecule has 1 aliphatic rings. The van der Waals surface area contributed by atoms with Crippen LogP contribution in [0.3, 0.4) is 0 Å². The average molecular weight is 424 g/mol. The summed E-state index contributed by atoms with van der Waals surface area (Å²) in [7, 11) is 0. The Kier molecular flexibility index (Phi) is 7.66. The Bertz CT molecular complexity index is 957. The molecule has 1 fully saturated rings. The summed E-state index contributed by atoms with van der Waals surface area (Å²) >= 11 is 0. The molecule has 1 aromatic heterocycles. The minimum absolute atomic E-state index is 0.0817. The first-order valence-electron chi connectivity index (χ1n) is 11.2. The monoisotopic (exact) mass is 423 g/mol. The number of nitrogens with zero attached hydrogens (tertiary/aromatic N) is 1. The van der Waals surface area contributed by atoms with Gasteiger partial charge in [0.1, 0.15) is 12.1 Å². The molecule has 1 atom stereocenters. The predicted octanol–water partition coefficient (Wildman–Crippen LogP) is 3.91. The second-order valence-corrected chi connectivity index (χ2v) is 8.77. The number of pyridine rings is 1. The van der Waals surface area contributed by atoms with E-state index in [0.717, 1.165) is 31.2 Å². The van der Waals surface area contributed by atoms with Gasteiger partial charge in [0, 0.05) is 12.2 Å². The molecule has 2 N–H and O–H groups in total. The SMILES string of the molecule is CC(C)c1ccc(C(C)NC(=O)Cn2cccc(C(=O)NC3CCCCC3)c2=O)cc1. The van der Waals surface area contributed by atoms with Crippen LogP contribution in [0.5, 0.6) is 0 Å². The summed E-state index contributed by atoms with van der Waals surface area (Å²) < 4.78 is 1.29. The molecular weight excluding hydrogens is 390 g/mol. The lowest BCUT2D eigenvalue weighted by molar-refractivity contribution is -0.122. The highest BCUT2D eigenvalue weighted by atomic mass is 16.2. The van der Waals surface area contributed by atoms with Crippen molar-refractivity contribution in [3.05, 3.63) is 69.6 Å². The minimum atomic E-state index is -0.445. The number of rotatable bonds is 7. The summed E-state index contributed by atoms with van der Waals surface area (Å²) in [6, 6.07) is 11.3. The summed E-state index contributed by atoms with van der Waals surface area (Å²) in [6.07, 6.45) is 6.84. The third-order valence-electron chi connectivity index (χ3n) is 6.00. The molecule has 166 valence electrons. The van der Waals surface area contributed by atoms with Crippen LogP contribution in [0.25, 0.3) is 0 Å². The first kappa shape index (κ1) is 22.8. The Morgan fingerprint density at radius 1 is 1.00 bits per heavy atom. The van der Waals surface area contributed by atoms with E-state index in [1.54, 1.807) is 12.3 Å². The highest BCUT2D eigenvalue weighted by Gasteiger charge is 2.20. The van der Waals surface area contributed by atoms with Gasteiger partial charge in [0.05, 0.1) is 6.04 Å². The van der Waals surface area contributed by atoms with Crippen LogP contribution in [-0.2, 0) is 11.3 Å². The number of amides is 2. The van der Waals surface area contributed by atoms with Gasteiger partial charge < -0.3 is 15.2 Å². The highest BCUT2D eigenvalue weighted by Crippen LogP contribution is 2.19. The normalized spacial score (nSPS) is 15.5. The maximum Gasteiger partial charge on any atom is 0.263 e. The average Bonchev–Trinajstić information content (AvgIpc) is 2.75. The molecule has 1 aliphatic carbocycles. The van der Waals surface area contributed by atoms with E-state index < -0.39 is 5.56 Å². The van der Waals surface area contributed by atoms with Crippen LogP contribution in [0.1, 0.15) is 86.3 Å². The van der Waals surface area contributed by atoms with Crippen LogP contribution < -0.4 is 16.2 Å². The fraction of sp³-hybridized carbons (Fsp3) is 0.480. The molecule has 1 unspecified atom stereocenters.